The van der Waals surface area contributed by atoms with Gasteiger partial charge in [0.1, 0.15) is 11.4 Å². The lowest BCUT2D eigenvalue weighted by Gasteiger charge is -2.45. The number of aliphatic carboxylic acids is 1. The topological polar surface area (TPSA) is 74.7 Å². The number of nitrogens with zero attached hydrogens (tertiary/aromatic N) is 1. The second-order valence-electron chi connectivity index (χ2n) is 4.48. The Hall–Kier alpha value is -0.990. The lowest BCUT2D eigenvalue weighted by atomic mass is 9.90. The van der Waals surface area contributed by atoms with Crippen molar-refractivity contribution >= 4 is 31.9 Å². The van der Waals surface area contributed by atoms with E-state index in [0.717, 1.165) is 22.5 Å². The van der Waals surface area contributed by atoms with E-state index in [-0.39, 0.29) is 22.3 Å². The third kappa shape index (κ3) is 2.17. The lowest BCUT2D eigenvalue weighted by Crippen LogP contribution is -2.64. The number of carbonyl (C=O) groups is 1. The summed E-state index contributed by atoms with van der Waals surface area (Å²) in [6.45, 7) is 1.50. The van der Waals surface area contributed by atoms with Crippen molar-refractivity contribution < 1.29 is 22.7 Å². The smallest absolute Gasteiger partial charge is 0.324 e. The lowest BCUT2D eigenvalue weighted by molar-refractivity contribution is -0.153. The Labute approximate surface area is 118 Å². The molecule has 0 saturated carbocycles. The summed E-state index contributed by atoms with van der Waals surface area (Å²) in [6.07, 6.45) is 0.254. The summed E-state index contributed by atoms with van der Waals surface area (Å²) in [4.78, 5) is 11.0. The fraction of sp³-hybridized carbons (Fsp3) is 0.364. The SMILES string of the molecule is CC1(C(=O)O)CCN1S(=O)(=O)c1ccc(F)c(Br)c1. The van der Waals surface area contributed by atoms with Gasteiger partial charge in [-0.2, -0.15) is 4.31 Å². The van der Waals surface area contributed by atoms with Crippen LogP contribution in [0.4, 0.5) is 4.39 Å². The van der Waals surface area contributed by atoms with Gasteiger partial charge >= 0.3 is 5.97 Å². The van der Waals surface area contributed by atoms with E-state index in [1.54, 1.807) is 0 Å². The van der Waals surface area contributed by atoms with Gasteiger partial charge in [0.2, 0.25) is 10.0 Å². The number of benzene rings is 1. The minimum atomic E-state index is -3.94. The van der Waals surface area contributed by atoms with Gasteiger partial charge in [0.05, 0.1) is 9.37 Å². The Balaban J connectivity index is 2.44. The van der Waals surface area contributed by atoms with Gasteiger partial charge in [-0.05, 0) is 47.5 Å². The van der Waals surface area contributed by atoms with Crippen LogP contribution >= 0.6 is 15.9 Å². The molecule has 1 heterocycles. The maximum atomic E-state index is 13.1. The minimum Gasteiger partial charge on any atom is -0.480 e. The third-order valence-electron chi connectivity index (χ3n) is 3.29. The van der Waals surface area contributed by atoms with E-state index in [1.165, 1.54) is 6.92 Å². The molecule has 1 aromatic carbocycles. The summed E-state index contributed by atoms with van der Waals surface area (Å²) in [5.74, 6) is -1.77. The number of carboxylic acids is 1. The summed E-state index contributed by atoms with van der Waals surface area (Å²) >= 11 is 2.91. The second-order valence-corrected chi connectivity index (χ2v) is 7.20. The summed E-state index contributed by atoms with van der Waals surface area (Å²) < 4.78 is 38.7. The highest BCUT2D eigenvalue weighted by atomic mass is 79.9. The molecule has 0 amide bonds. The maximum Gasteiger partial charge on any atom is 0.324 e. The fourth-order valence-electron chi connectivity index (χ4n) is 1.90. The van der Waals surface area contributed by atoms with Crippen molar-refractivity contribution in [2.75, 3.05) is 6.54 Å². The van der Waals surface area contributed by atoms with Gasteiger partial charge in [-0.15, -0.1) is 0 Å². The predicted molar refractivity (Wildman–Crippen MR) is 68.6 cm³/mol. The molecule has 1 N–H and O–H groups in total. The van der Waals surface area contributed by atoms with Crippen LogP contribution in [0, 0.1) is 5.82 Å². The van der Waals surface area contributed by atoms with E-state index in [4.69, 9.17) is 5.11 Å². The van der Waals surface area contributed by atoms with Crippen molar-refractivity contribution in [3.05, 3.63) is 28.5 Å². The Morgan fingerprint density at radius 3 is 2.58 bits per heavy atom. The quantitative estimate of drug-likeness (QED) is 0.901. The van der Waals surface area contributed by atoms with Crippen LogP contribution in [0.5, 0.6) is 0 Å². The van der Waals surface area contributed by atoms with Crippen LogP contribution in [-0.2, 0) is 14.8 Å². The average molecular weight is 352 g/mol. The highest BCUT2D eigenvalue weighted by molar-refractivity contribution is 9.10. The zero-order valence-corrected chi connectivity index (χ0v) is 12.3. The molecular weight excluding hydrogens is 341 g/mol. The molecular formula is C11H11BrFNO4S. The normalized spacial score (nSPS) is 23.9. The molecule has 0 spiro atoms. The molecule has 0 aliphatic carbocycles. The van der Waals surface area contributed by atoms with Crippen molar-refractivity contribution in [3.8, 4) is 0 Å². The second kappa shape index (κ2) is 4.53. The van der Waals surface area contributed by atoms with Crippen LogP contribution in [0.1, 0.15) is 13.3 Å². The maximum absolute atomic E-state index is 13.1. The zero-order valence-electron chi connectivity index (χ0n) is 9.93. The van der Waals surface area contributed by atoms with Gasteiger partial charge in [-0.3, -0.25) is 4.79 Å². The van der Waals surface area contributed by atoms with Gasteiger partial charge in [0.15, 0.2) is 0 Å². The average Bonchev–Trinajstić information content (AvgIpc) is 2.29. The van der Waals surface area contributed by atoms with Crippen LogP contribution in [0.3, 0.4) is 0 Å². The largest absolute Gasteiger partial charge is 0.480 e. The number of hydrogen-bond donors (Lipinski definition) is 1. The summed E-state index contributed by atoms with van der Waals surface area (Å²) in [6, 6.07) is 3.27. The van der Waals surface area contributed by atoms with Crippen molar-refractivity contribution in [1.29, 1.82) is 0 Å². The Morgan fingerprint density at radius 2 is 2.16 bits per heavy atom. The molecule has 2 rings (SSSR count). The molecule has 0 aromatic heterocycles. The summed E-state index contributed by atoms with van der Waals surface area (Å²) in [5, 5.41) is 9.10. The van der Waals surface area contributed by atoms with Crippen molar-refractivity contribution in [3.63, 3.8) is 0 Å². The number of carboxylic acid groups (broad SMARTS) is 1. The van der Waals surface area contributed by atoms with Crippen LogP contribution < -0.4 is 0 Å². The van der Waals surface area contributed by atoms with E-state index in [1.807, 2.05) is 0 Å². The van der Waals surface area contributed by atoms with E-state index in [9.17, 15) is 17.6 Å². The molecule has 1 atom stereocenters. The van der Waals surface area contributed by atoms with Crippen LogP contribution in [0.15, 0.2) is 27.6 Å². The number of sulfonamides is 1. The number of halogens is 2. The molecule has 104 valence electrons. The summed E-state index contributed by atoms with van der Waals surface area (Å²) in [5.41, 5.74) is -1.43. The Morgan fingerprint density at radius 1 is 1.53 bits per heavy atom. The Bertz CT molecular complexity index is 648. The van der Waals surface area contributed by atoms with E-state index >= 15 is 0 Å². The molecule has 1 aromatic rings. The standard InChI is InChI=1S/C11H11BrFNO4S/c1-11(10(15)16)4-5-14(11)19(17,18)7-2-3-9(13)8(12)6-7/h2-3,6H,4-5H2,1H3,(H,15,16). The van der Waals surface area contributed by atoms with Gasteiger partial charge in [-0.25, -0.2) is 12.8 Å². The molecule has 5 nitrogen and oxygen atoms in total. The third-order valence-corrected chi connectivity index (χ3v) is 5.92. The van der Waals surface area contributed by atoms with Crippen LogP contribution in [0.25, 0.3) is 0 Å². The number of hydrogen-bond acceptors (Lipinski definition) is 3. The van der Waals surface area contributed by atoms with E-state index < -0.39 is 27.3 Å². The van der Waals surface area contributed by atoms with Gasteiger partial charge in [0, 0.05) is 6.54 Å². The van der Waals surface area contributed by atoms with Crippen LogP contribution in [-0.4, -0.2) is 35.9 Å². The van der Waals surface area contributed by atoms with Gasteiger partial charge in [-0.1, -0.05) is 0 Å². The van der Waals surface area contributed by atoms with E-state index in [2.05, 4.69) is 15.9 Å². The summed E-state index contributed by atoms with van der Waals surface area (Å²) in [7, 11) is -3.94. The molecule has 19 heavy (non-hydrogen) atoms. The fourth-order valence-corrected chi connectivity index (χ4v) is 4.23. The molecule has 1 unspecified atom stereocenters. The highest BCUT2D eigenvalue weighted by Crippen LogP contribution is 2.36. The molecule has 0 radical (unpaired) electrons. The van der Waals surface area contributed by atoms with Crippen LogP contribution in [0.2, 0.25) is 0 Å². The molecule has 1 aliphatic heterocycles. The molecule has 0 bridgehead atoms. The molecule has 1 aliphatic rings. The minimum absolute atomic E-state index is 0.0196. The van der Waals surface area contributed by atoms with Crippen molar-refractivity contribution in [2.24, 2.45) is 0 Å². The monoisotopic (exact) mass is 351 g/mol. The van der Waals surface area contributed by atoms with Crippen molar-refractivity contribution in [2.45, 2.75) is 23.8 Å². The first-order valence-corrected chi connectivity index (χ1v) is 7.64. The zero-order chi connectivity index (χ0) is 14.4. The molecule has 1 saturated heterocycles. The highest BCUT2D eigenvalue weighted by Gasteiger charge is 2.53. The van der Waals surface area contributed by atoms with Gasteiger partial charge < -0.3 is 5.11 Å². The predicted octanol–water partition coefficient (Wildman–Crippen LogP) is 1.83. The van der Waals surface area contributed by atoms with Crippen molar-refractivity contribution in [1.82, 2.24) is 4.31 Å². The molecule has 1 fully saturated rings. The first-order chi connectivity index (χ1) is 8.69. The first kappa shape index (κ1) is 14.4. The van der Waals surface area contributed by atoms with Gasteiger partial charge in [0.25, 0.3) is 0 Å². The number of rotatable bonds is 3. The Kier molecular flexibility index (Phi) is 3.44. The first-order valence-electron chi connectivity index (χ1n) is 5.41. The van der Waals surface area contributed by atoms with E-state index in [0.29, 0.717) is 0 Å². The molecule has 8 heteroatoms.